The van der Waals surface area contributed by atoms with E-state index in [0.717, 1.165) is 12.1 Å². The lowest BCUT2D eigenvalue weighted by molar-refractivity contribution is 0.174. The molecule has 0 aliphatic rings. The molecule has 8 heteroatoms. The summed E-state index contributed by atoms with van der Waals surface area (Å²) in [4.78, 5) is 11.7. The summed E-state index contributed by atoms with van der Waals surface area (Å²) in [6, 6.07) is 6.92. The van der Waals surface area contributed by atoms with Gasteiger partial charge < -0.3 is 15.7 Å². The Bertz CT molecular complexity index is 708. The van der Waals surface area contributed by atoms with Crippen molar-refractivity contribution in [1.29, 1.82) is 0 Å². The first-order chi connectivity index (χ1) is 10.8. The van der Waals surface area contributed by atoms with E-state index in [0.29, 0.717) is 15.7 Å². The summed E-state index contributed by atoms with van der Waals surface area (Å²) in [5.41, 5.74) is 0.525. The minimum atomic E-state index is -1.18. The van der Waals surface area contributed by atoms with Crippen LogP contribution >= 0.6 is 23.2 Å². The molecule has 0 fully saturated rings. The molecule has 0 radical (unpaired) electrons. The van der Waals surface area contributed by atoms with Crippen molar-refractivity contribution >= 4 is 34.9 Å². The normalized spacial score (nSPS) is 11.9. The van der Waals surface area contributed by atoms with Crippen LogP contribution in [0.15, 0.2) is 36.4 Å². The molecule has 3 N–H and O–H groups in total. The van der Waals surface area contributed by atoms with E-state index in [1.54, 1.807) is 0 Å². The summed E-state index contributed by atoms with van der Waals surface area (Å²) in [5, 5.41) is 15.5. The third-order valence-corrected chi connectivity index (χ3v) is 3.34. The standard InChI is InChI=1S/C15H12Cl2F2N2O2/c16-9-4-10(17)6-11(5-9)21-15(23)20-7-14(22)8-1-2-12(18)13(19)3-8/h1-6,14,22H,7H2,(H2,20,21,23)/t14-/m1/s1. The Morgan fingerprint density at radius 3 is 2.35 bits per heavy atom. The van der Waals surface area contributed by atoms with Gasteiger partial charge in [0.05, 0.1) is 6.10 Å². The van der Waals surface area contributed by atoms with Crippen LogP contribution in [0.1, 0.15) is 11.7 Å². The highest BCUT2D eigenvalue weighted by molar-refractivity contribution is 6.35. The summed E-state index contributed by atoms with van der Waals surface area (Å²) in [6.45, 7) is -0.189. The van der Waals surface area contributed by atoms with Crippen LogP contribution in [0.4, 0.5) is 19.3 Å². The summed E-state index contributed by atoms with van der Waals surface area (Å²) in [5.74, 6) is -2.08. The highest BCUT2D eigenvalue weighted by Crippen LogP contribution is 2.22. The molecular weight excluding hydrogens is 349 g/mol. The van der Waals surface area contributed by atoms with Crippen LogP contribution < -0.4 is 10.6 Å². The van der Waals surface area contributed by atoms with Crippen LogP contribution in [0.2, 0.25) is 10.0 Å². The molecule has 2 aromatic carbocycles. The second-order valence-electron chi connectivity index (χ2n) is 4.68. The smallest absolute Gasteiger partial charge is 0.319 e. The minimum Gasteiger partial charge on any atom is -0.387 e. The number of carbonyl (C=O) groups is 1. The second kappa shape index (κ2) is 7.59. The number of benzene rings is 2. The van der Waals surface area contributed by atoms with Crippen LogP contribution in [0.3, 0.4) is 0 Å². The Labute approximate surface area is 141 Å². The zero-order valence-electron chi connectivity index (χ0n) is 11.6. The number of aliphatic hydroxyl groups excluding tert-OH is 1. The quantitative estimate of drug-likeness (QED) is 0.767. The number of hydrogen-bond acceptors (Lipinski definition) is 2. The Balaban J connectivity index is 1.91. The zero-order chi connectivity index (χ0) is 17.0. The SMILES string of the molecule is O=C(NC[C@@H](O)c1ccc(F)c(F)c1)Nc1cc(Cl)cc(Cl)c1. The van der Waals surface area contributed by atoms with Crippen LogP contribution in [-0.4, -0.2) is 17.7 Å². The maximum Gasteiger partial charge on any atom is 0.319 e. The second-order valence-corrected chi connectivity index (χ2v) is 5.56. The molecule has 0 unspecified atom stereocenters. The topological polar surface area (TPSA) is 61.4 Å². The molecule has 0 aliphatic heterocycles. The van der Waals surface area contributed by atoms with Crippen molar-refractivity contribution in [3.63, 3.8) is 0 Å². The van der Waals surface area contributed by atoms with Crippen LogP contribution in [0, 0.1) is 11.6 Å². The average molecular weight is 361 g/mol. The van der Waals surface area contributed by atoms with E-state index in [-0.39, 0.29) is 12.1 Å². The fourth-order valence-electron chi connectivity index (χ4n) is 1.83. The van der Waals surface area contributed by atoms with Crippen molar-refractivity contribution in [3.05, 3.63) is 63.6 Å². The predicted octanol–water partition coefficient (Wildman–Crippen LogP) is 4.13. The van der Waals surface area contributed by atoms with Crippen molar-refractivity contribution in [3.8, 4) is 0 Å². The first kappa shape index (κ1) is 17.5. The van der Waals surface area contributed by atoms with E-state index in [1.807, 2.05) is 0 Å². The van der Waals surface area contributed by atoms with Crippen LogP contribution in [-0.2, 0) is 0 Å². The molecule has 122 valence electrons. The molecule has 0 aliphatic carbocycles. The Morgan fingerprint density at radius 2 is 1.74 bits per heavy atom. The molecule has 2 amide bonds. The van der Waals surface area contributed by atoms with Gasteiger partial charge >= 0.3 is 6.03 Å². The number of aliphatic hydroxyl groups is 1. The first-order valence-corrected chi connectivity index (χ1v) is 7.24. The van der Waals surface area contributed by atoms with E-state index in [9.17, 15) is 18.7 Å². The number of urea groups is 1. The zero-order valence-corrected chi connectivity index (χ0v) is 13.1. The molecule has 1 atom stereocenters. The van der Waals surface area contributed by atoms with E-state index in [1.165, 1.54) is 24.3 Å². The fraction of sp³-hybridized carbons (Fsp3) is 0.133. The highest BCUT2D eigenvalue weighted by Gasteiger charge is 2.12. The third-order valence-electron chi connectivity index (χ3n) is 2.90. The molecule has 2 rings (SSSR count). The van der Waals surface area contributed by atoms with Crippen molar-refractivity contribution in [2.75, 3.05) is 11.9 Å². The number of rotatable bonds is 4. The monoisotopic (exact) mass is 360 g/mol. The van der Waals surface area contributed by atoms with Gasteiger partial charge in [0.1, 0.15) is 0 Å². The van der Waals surface area contributed by atoms with Gasteiger partial charge in [-0.2, -0.15) is 0 Å². The van der Waals surface area contributed by atoms with E-state index in [4.69, 9.17) is 23.2 Å². The van der Waals surface area contributed by atoms with E-state index < -0.39 is 23.8 Å². The fourth-order valence-corrected chi connectivity index (χ4v) is 2.35. The van der Waals surface area contributed by atoms with Crippen LogP contribution in [0.25, 0.3) is 0 Å². The van der Waals surface area contributed by atoms with Gasteiger partial charge in [-0.3, -0.25) is 0 Å². The number of amides is 2. The van der Waals surface area contributed by atoms with Gasteiger partial charge in [0.25, 0.3) is 0 Å². The maximum absolute atomic E-state index is 13.1. The summed E-state index contributed by atoms with van der Waals surface area (Å²) < 4.78 is 25.9. The number of hydrogen-bond donors (Lipinski definition) is 3. The largest absolute Gasteiger partial charge is 0.387 e. The average Bonchev–Trinajstić information content (AvgIpc) is 2.46. The van der Waals surface area contributed by atoms with E-state index >= 15 is 0 Å². The first-order valence-electron chi connectivity index (χ1n) is 6.49. The molecule has 0 bridgehead atoms. The lowest BCUT2D eigenvalue weighted by Crippen LogP contribution is -2.32. The van der Waals surface area contributed by atoms with Gasteiger partial charge in [0.15, 0.2) is 11.6 Å². The molecule has 2 aromatic rings. The molecule has 0 spiro atoms. The summed E-state index contributed by atoms with van der Waals surface area (Å²) >= 11 is 11.6. The van der Waals surface area contributed by atoms with Crippen molar-refractivity contribution in [2.24, 2.45) is 0 Å². The van der Waals surface area contributed by atoms with Crippen molar-refractivity contribution < 1.29 is 18.7 Å². The minimum absolute atomic E-state index is 0.148. The molecule has 0 saturated heterocycles. The van der Waals surface area contributed by atoms with Crippen molar-refractivity contribution in [1.82, 2.24) is 5.32 Å². The number of carbonyl (C=O) groups excluding carboxylic acids is 1. The Hall–Kier alpha value is -1.89. The predicted molar refractivity (Wildman–Crippen MR) is 84.8 cm³/mol. The van der Waals surface area contributed by atoms with Gasteiger partial charge in [-0.15, -0.1) is 0 Å². The van der Waals surface area contributed by atoms with Crippen LogP contribution in [0.5, 0.6) is 0 Å². The van der Waals surface area contributed by atoms with Gasteiger partial charge in [-0.25, -0.2) is 13.6 Å². The number of nitrogens with one attached hydrogen (secondary N) is 2. The molecule has 4 nitrogen and oxygen atoms in total. The summed E-state index contributed by atoms with van der Waals surface area (Å²) in [6.07, 6.45) is -1.18. The van der Waals surface area contributed by atoms with Gasteiger partial charge in [0.2, 0.25) is 0 Å². The molecular formula is C15H12Cl2F2N2O2. The molecule has 0 heterocycles. The number of anilines is 1. The molecule has 23 heavy (non-hydrogen) atoms. The van der Waals surface area contributed by atoms with Gasteiger partial charge in [-0.05, 0) is 35.9 Å². The van der Waals surface area contributed by atoms with Gasteiger partial charge in [-0.1, -0.05) is 29.3 Å². The maximum atomic E-state index is 13.1. The Morgan fingerprint density at radius 1 is 1.09 bits per heavy atom. The van der Waals surface area contributed by atoms with Crippen molar-refractivity contribution in [2.45, 2.75) is 6.10 Å². The Kier molecular flexibility index (Phi) is 5.76. The highest BCUT2D eigenvalue weighted by atomic mass is 35.5. The lowest BCUT2D eigenvalue weighted by Gasteiger charge is -2.13. The summed E-state index contributed by atoms with van der Waals surface area (Å²) in [7, 11) is 0. The molecule has 0 aromatic heterocycles. The lowest BCUT2D eigenvalue weighted by atomic mass is 10.1. The molecule has 0 saturated carbocycles. The third kappa shape index (κ3) is 5.06. The number of halogens is 4. The van der Waals surface area contributed by atoms with E-state index in [2.05, 4.69) is 10.6 Å². The van der Waals surface area contributed by atoms with Gasteiger partial charge in [0, 0.05) is 22.3 Å².